The summed E-state index contributed by atoms with van der Waals surface area (Å²) in [5.74, 6) is 0.578. The molecule has 2 aromatic rings. The van der Waals surface area contributed by atoms with Gasteiger partial charge in [0, 0.05) is 26.2 Å². The maximum Gasteiger partial charge on any atom is 0.243 e. The summed E-state index contributed by atoms with van der Waals surface area (Å²) in [4.78, 5) is 5.04. The van der Waals surface area contributed by atoms with Gasteiger partial charge >= 0.3 is 0 Å². The van der Waals surface area contributed by atoms with Gasteiger partial charge < -0.3 is 10.6 Å². The first-order valence-corrected chi connectivity index (χ1v) is 12.1. The van der Waals surface area contributed by atoms with Crippen LogP contribution in [0.2, 0.25) is 0 Å². The Labute approximate surface area is 195 Å². The van der Waals surface area contributed by atoms with Gasteiger partial charge in [-0.2, -0.15) is 4.31 Å². The molecule has 174 valence electrons. The molecule has 0 amide bonds. The van der Waals surface area contributed by atoms with Gasteiger partial charge in [0.25, 0.3) is 0 Å². The normalized spacial score (nSPS) is 18.7. The Bertz CT molecular complexity index is 1100. The lowest BCUT2D eigenvalue weighted by Crippen LogP contribution is -2.64. The fraction of sp³-hybridized carbons (Fsp3) is 0.435. The molecule has 1 spiro atoms. The predicted molar refractivity (Wildman–Crippen MR) is 127 cm³/mol. The molecular formula is C23H30ClFN4O2S. The lowest BCUT2D eigenvalue weighted by molar-refractivity contribution is 0.241. The summed E-state index contributed by atoms with van der Waals surface area (Å²) in [7, 11) is -3.53. The number of hydrogen-bond donors (Lipinski definition) is 2. The molecule has 32 heavy (non-hydrogen) atoms. The molecule has 0 aliphatic carbocycles. The van der Waals surface area contributed by atoms with Crippen molar-refractivity contribution in [1.29, 1.82) is 0 Å². The molecule has 0 unspecified atom stereocenters. The van der Waals surface area contributed by atoms with E-state index in [9.17, 15) is 12.8 Å². The Balaban J connectivity index is 0.00000289. The van der Waals surface area contributed by atoms with E-state index in [2.05, 4.69) is 10.6 Å². The zero-order chi connectivity index (χ0) is 22.1. The summed E-state index contributed by atoms with van der Waals surface area (Å²) in [5.41, 5.74) is 2.52. The SMILES string of the molecule is Cc1ccc(S(=O)(=O)N2CCC3(CC2)NCCN=C3NCc2cccc(F)c2)cc1C.Cl. The highest BCUT2D eigenvalue weighted by atomic mass is 35.5. The van der Waals surface area contributed by atoms with Gasteiger partial charge in [0.15, 0.2) is 0 Å². The Hall–Kier alpha value is -2.00. The standard InChI is InChI=1S/C23H29FN4O2S.ClH/c1-17-6-7-21(14-18(17)2)31(29,30)28-12-8-23(9-13-28)22(25-10-11-27-23)26-16-19-4-3-5-20(24)15-19;/h3-7,14-15,27H,8-13,16H2,1-2H3,(H,25,26);1H. The molecular weight excluding hydrogens is 451 g/mol. The van der Waals surface area contributed by atoms with E-state index in [1.54, 1.807) is 22.5 Å². The number of aliphatic imine (C=N–C) groups is 1. The van der Waals surface area contributed by atoms with Crippen molar-refractivity contribution in [1.82, 2.24) is 14.9 Å². The first-order valence-electron chi connectivity index (χ1n) is 10.7. The number of sulfonamides is 1. The Morgan fingerprint density at radius 3 is 2.56 bits per heavy atom. The molecule has 4 rings (SSSR count). The molecule has 0 radical (unpaired) electrons. The van der Waals surface area contributed by atoms with Crippen LogP contribution in [0.25, 0.3) is 0 Å². The quantitative estimate of drug-likeness (QED) is 0.705. The van der Waals surface area contributed by atoms with Gasteiger partial charge in [0.2, 0.25) is 10.0 Å². The number of aryl methyl sites for hydroxylation is 2. The smallest absolute Gasteiger partial charge is 0.243 e. The molecule has 0 atom stereocenters. The molecule has 2 N–H and O–H groups in total. The maximum absolute atomic E-state index is 13.5. The van der Waals surface area contributed by atoms with Crippen molar-refractivity contribution >= 4 is 28.3 Å². The van der Waals surface area contributed by atoms with Crippen LogP contribution in [-0.4, -0.2) is 50.3 Å². The molecule has 6 nitrogen and oxygen atoms in total. The van der Waals surface area contributed by atoms with Crippen LogP contribution in [-0.2, 0) is 16.6 Å². The lowest BCUT2D eigenvalue weighted by Gasteiger charge is -2.44. The van der Waals surface area contributed by atoms with E-state index in [0.717, 1.165) is 29.1 Å². The molecule has 0 saturated carbocycles. The largest absolute Gasteiger partial charge is 0.368 e. The zero-order valence-corrected chi connectivity index (χ0v) is 20.0. The maximum atomic E-state index is 13.5. The molecule has 2 aliphatic rings. The fourth-order valence-electron chi connectivity index (χ4n) is 4.30. The first kappa shape index (κ1) is 24.6. The van der Waals surface area contributed by atoms with Crippen LogP contribution in [0.5, 0.6) is 0 Å². The van der Waals surface area contributed by atoms with E-state index in [0.29, 0.717) is 43.9 Å². The number of piperidine rings is 1. The average molecular weight is 481 g/mol. The van der Waals surface area contributed by atoms with Crippen LogP contribution < -0.4 is 10.6 Å². The summed E-state index contributed by atoms with van der Waals surface area (Å²) >= 11 is 0. The second-order valence-corrected chi connectivity index (χ2v) is 10.3. The van der Waals surface area contributed by atoms with Crippen LogP contribution in [0.4, 0.5) is 4.39 Å². The van der Waals surface area contributed by atoms with Gasteiger partial charge in [-0.15, -0.1) is 12.4 Å². The van der Waals surface area contributed by atoms with Gasteiger partial charge in [-0.3, -0.25) is 4.99 Å². The van der Waals surface area contributed by atoms with E-state index in [1.807, 2.05) is 26.0 Å². The van der Waals surface area contributed by atoms with Crippen molar-refractivity contribution in [3.63, 3.8) is 0 Å². The van der Waals surface area contributed by atoms with Gasteiger partial charge in [0.1, 0.15) is 11.7 Å². The van der Waals surface area contributed by atoms with Crippen molar-refractivity contribution in [3.8, 4) is 0 Å². The van der Waals surface area contributed by atoms with E-state index in [-0.39, 0.29) is 23.8 Å². The van der Waals surface area contributed by atoms with Gasteiger partial charge in [0.05, 0.1) is 17.0 Å². The minimum absolute atomic E-state index is 0. The number of hydrogen-bond acceptors (Lipinski definition) is 5. The Kier molecular flexibility index (Phi) is 7.60. The van der Waals surface area contributed by atoms with E-state index >= 15 is 0 Å². The third-order valence-electron chi connectivity index (χ3n) is 6.34. The molecule has 0 bridgehead atoms. The molecule has 1 saturated heterocycles. The molecule has 9 heteroatoms. The summed E-state index contributed by atoms with van der Waals surface area (Å²) < 4.78 is 41.4. The summed E-state index contributed by atoms with van der Waals surface area (Å²) in [6.45, 7) is 6.64. The van der Waals surface area contributed by atoms with Gasteiger partial charge in [-0.25, -0.2) is 12.8 Å². The van der Waals surface area contributed by atoms with Crippen LogP contribution in [0.1, 0.15) is 29.5 Å². The zero-order valence-electron chi connectivity index (χ0n) is 18.4. The average Bonchev–Trinajstić information content (AvgIpc) is 2.75. The summed E-state index contributed by atoms with van der Waals surface area (Å²) in [6.07, 6.45) is 1.26. The number of nitrogens with one attached hydrogen (secondary N) is 2. The molecule has 1 fully saturated rings. The van der Waals surface area contributed by atoms with Crippen LogP contribution in [0.15, 0.2) is 52.4 Å². The van der Waals surface area contributed by atoms with Crippen molar-refractivity contribution < 1.29 is 12.8 Å². The van der Waals surface area contributed by atoms with Crippen LogP contribution in [0.3, 0.4) is 0 Å². The third-order valence-corrected chi connectivity index (χ3v) is 8.23. The van der Waals surface area contributed by atoms with E-state index in [4.69, 9.17) is 4.99 Å². The summed E-state index contributed by atoms with van der Waals surface area (Å²) in [6, 6.07) is 11.8. The highest BCUT2D eigenvalue weighted by Gasteiger charge is 2.43. The molecule has 2 aliphatic heterocycles. The topological polar surface area (TPSA) is 73.8 Å². The Morgan fingerprint density at radius 1 is 1.12 bits per heavy atom. The van der Waals surface area contributed by atoms with Gasteiger partial charge in [-0.05, 0) is 67.6 Å². The van der Waals surface area contributed by atoms with Gasteiger partial charge in [-0.1, -0.05) is 18.2 Å². The molecule has 2 heterocycles. The number of nitrogens with zero attached hydrogens (tertiary/aromatic N) is 2. The molecule has 0 aromatic heterocycles. The third kappa shape index (κ3) is 4.98. The van der Waals surface area contributed by atoms with Crippen LogP contribution in [0, 0.1) is 19.7 Å². The first-order chi connectivity index (χ1) is 14.8. The lowest BCUT2D eigenvalue weighted by atomic mass is 9.85. The fourth-order valence-corrected chi connectivity index (χ4v) is 5.83. The van der Waals surface area contributed by atoms with Crippen LogP contribution >= 0.6 is 12.4 Å². The van der Waals surface area contributed by atoms with E-state index < -0.39 is 10.0 Å². The number of halogens is 2. The number of amidine groups is 1. The summed E-state index contributed by atoms with van der Waals surface area (Å²) in [5, 5.41) is 6.95. The highest BCUT2D eigenvalue weighted by molar-refractivity contribution is 7.89. The van der Waals surface area contributed by atoms with Crippen molar-refractivity contribution in [2.24, 2.45) is 4.99 Å². The monoisotopic (exact) mass is 480 g/mol. The second kappa shape index (κ2) is 9.87. The molecule has 2 aromatic carbocycles. The number of benzene rings is 2. The highest BCUT2D eigenvalue weighted by Crippen LogP contribution is 2.29. The predicted octanol–water partition coefficient (Wildman–Crippen LogP) is 3.18. The number of rotatable bonds is 4. The Morgan fingerprint density at radius 2 is 1.88 bits per heavy atom. The minimum Gasteiger partial charge on any atom is -0.368 e. The minimum atomic E-state index is -3.53. The van der Waals surface area contributed by atoms with Crippen molar-refractivity contribution in [2.45, 2.75) is 43.7 Å². The second-order valence-electron chi connectivity index (χ2n) is 8.37. The van der Waals surface area contributed by atoms with Crippen molar-refractivity contribution in [3.05, 3.63) is 65.0 Å². The van der Waals surface area contributed by atoms with Crippen molar-refractivity contribution in [2.75, 3.05) is 26.2 Å². The van der Waals surface area contributed by atoms with E-state index in [1.165, 1.54) is 12.1 Å².